The first-order chi connectivity index (χ1) is 15.6. The van der Waals surface area contributed by atoms with Crippen LogP contribution in [0.25, 0.3) is 55.0 Å². The monoisotopic (exact) mass is 420 g/mol. The van der Waals surface area contributed by atoms with Crippen molar-refractivity contribution >= 4 is 32.5 Å². The standard InChI is InChI=1S/C27H24N4O/c1-4-25-28-13-23(30-25)16-5-7-18-19-8-6-17(24-14-29-27(31-24)15(2)3)12-22(19)26-20(9-10-32-26)21(18)11-16/h5-15H,4H2,1-3H3,(H,28,30)(H,29,31). The molecule has 0 spiro atoms. The van der Waals surface area contributed by atoms with Crippen LogP contribution >= 0.6 is 0 Å². The van der Waals surface area contributed by atoms with E-state index >= 15 is 0 Å². The number of benzene rings is 3. The minimum atomic E-state index is 0.363. The zero-order valence-corrected chi connectivity index (χ0v) is 18.4. The Labute approximate surface area is 185 Å². The van der Waals surface area contributed by atoms with Gasteiger partial charge in [-0.25, -0.2) is 9.97 Å². The Bertz CT molecular complexity index is 1600. The number of aromatic nitrogens is 4. The van der Waals surface area contributed by atoms with Gasteiger partial charge in [0.15, 0.2) is 0 Å². The Morgan fingerprint density at radius 1 is 0.781 bits per heavy atom. The second kappa shape index (κ2) is 7.09. The van der Waals surface area contributed by atoms with Crippen LogP contribution in [-0.4, -0.2) is 19.9 Å². The maximum Gasteiger partial charge on any atom is 0.142 e. The second-order valence-corrected chi connectivity index (χ2v) is 8.62. The molecule has 5 nitrogen and oxygen atoms in total. The minimum absolute atomic E-state index is 0.363. The average molecular weight is 421 g/mol. The van der Waals surface area contributed by atoms with E-state index in [0.29, 0.717) is 5.92 Å². The molecule has 2 N–H and O–H groups in total. The fourth-order valence-corrected chi connectivity index (χ4v) is 4.50. The van der Waals surface area contributed by atoms with Gasteiger partial charge < -0.3 is 14.4 Å². The normalized spacial score (nSPS) is 12.0. The number of aromatic amines is 2. The molecule has 0 aliphatic rings. The van der Waals surface area contributed by atoms with Crippen LogP contribution in [0.1, 0.15) is 38.3 Å². The van der Waals surface area contributed by atoms with E-state index in [-0.39, 0.29) is 0 Å². The molecular formula is C27H24N4O. The highest BCUT2D eigenvalue weighted by Gasteiger charge is 2.15. The third-order valence-electron chi connectivity index (χ3n) is 6.26. The van der Waals surface area contributed by atoms with Gasteiger partial charge in [0.2, 0.25) is 0 Å². The van der Waals surface area contributed by atoms with Crippen LogP contribution in [0, 0.1) is 0 Å². The van der Waals surface area contributed by atoms with E-state index in [4.69, 9.17) is 4.42 Å². The van der Waals surface area contributed by atoms with E-state index in [0.717, 1.165) is 56.9 Å². The quantitative estimate of drug-likeness (QED) is 0.296. The van der Waals surface area contributed by atoms with Gasteiger partial charge in [-0.3, -0.25) is 0 Å². The largest absolute Gasteiger partial charge is 0.464 e. The second-order valence-electron chi connectivity index (χ2n) is 8.62. The average Bonchev–Trinajstić information content (AvgIpc) is 3.59. The number of aryl methyl sites for hydroxylation is 1. The first-order valence-electron chi connectivity index (χ1n) is 11.1. The van der Waals surface area contributed by atoms with Crippen molar-refractivity contribution in [3.05, 3.63) is 72.8 Å². The molecule has 0 aliphatic heterocycles. The summed E-state index contributed by atoms with van der Waals surface area (Å²) in [6.07, 6.45) is 6.50. The third-order valence-corrected chi connectivity index (χ3v) is 6.26. The fourth-order valence-electron chi connectivity index (χ4n) is 4.50. The molecule has 5 heteroatoms. The third kappa shape index (κ3) is 2.85. The van der Waals surface area contributed by atoms with E-state index in [1.807, 2.05) is 12.4 Å². The lowest BCUT2D eigenvalue weighted by atomic mass is 9.95. The number of imidazole rings is 2. The molecule has 0 unspecified atom stereocenters. The predicted molar refractivity (Wildman–Crippen MR) is 130 cm³/mol. The molecule has 0 aliphatic carbocycles. The predicted octanol–water partition coefficient (Wildman–Crippen LogP) is 7.21. The summed E-state index contributed by atoms with van der Waals surface area (Å²) in [5, 5.41) is 5.81. The SMILES string of the molecule is CCc1ncc(-c2ccc3c(c2)c2ccoc2c2cc(-c4cnc(C(C)C)[nH]4)ccc32)[nH]1. The van der Waals surface area contributed by atoms with E-state index in [9.17, 15) is 0 Å². The van der Waals surface area contributed by atoms with Gasteiger partial charge in [0.05, 0.1) is 30.0 Å². The summed E-state index contributed by atoms with van der Waals surface area (Å²) in [6.45, 7) is 6.38. The van der Waals surface area contributed by atoms with Crippen molar-refractivity contribution in [1.29, 1.82) is 0 Å². The van der Waals surface area contributed by atoms with Crippen LogP contribution in [0.5, 0.6) is 0 Å². The molecule has 3 heterocycles. The maximum absolute atomic E-state index is 5.99. The summed E-state index contributed by atoms with van der Waals surface area (Å²) in [6, 6.07) is 15.2. The number of hydrogen-bond donors (Lipinski definition) is 2. The van der Waals surface area contributed by atoms with Crippen molar-refractivity contribution in [3.8, 4) is 22.5 Å². The van der Waals surface area contributed by atoms with Crippen LogP contribution < -0.4 is 0 Å². The number of fused-ring (bicyclic) bond motifs is 6. The molecule has 32 heavy (non-hydrogen) atoms. The highest BCUT2D eigenvalue weighted by atomic mass is 16.3. The van der Waals surface area contributed by atoms with Crippen molar-refractivity contribution in [2.75, 3.05) is 0 Å². The van der Waals surface area contributed by atoms with E-state index in [2.05, 4.69) is 83.2 Å². The van der Waals surface area contributed by atoms with E-state index < -0.39 is 0 Å². The zero-order chi connectivity index (χ0) is 21.8. The van der Waals surface area contributed by atoms with Crippen molar-refractivity contribution < 1.29 is 4.42 Å². The van der Waals surface area contributed by atoms with Crippen molar-refractivity contribution in [1.82, 2.24) is 19.9 Å². The van der Waals surface area contributed by atoms with Gasteiger partial charge in [0.1, 0.15) is 17.2 Å². The highest BCUT2D eigenvalue weighted by Crippen LogP contribution is 2.39. The minimum Gasteiger partial charge on any atom is -0.464 e. The van der Waals surface area contributed by atoms with Gasteiger partial charge in [0.25, 0.3) is 0 Å². The lowest BCUT2D eigenvalue weighted by molar-refractivity contribution is 0.619. The lowest BCUT2D eigenvalue weighted by Crippen LogP contribution is -1.89. The topological polar surface area (TPSA) is 70.5 Å². The molecule has 6 rings (SSSR count). The molecule has 0 amide bonds. The summed E-state index contributed by atoms with van der Waals surface area (Å²) >= 11 is 0. The molecule has 0 bridgehead atoms. The summed E-state index contributed by atoms with van der Waals surface area (Å²) in [7, 11) is 0. The van der Waals surface area contributed by atoms with Crippen molar-refractivity contribution in [2.24, 2.45) is 0 Å². The number of nitrogens with one attached hydrogen (secondary N) is 2. The Morgan fingerprint density at radius 2 is 1.47 bits per heavy atom. The Hall–Kier alpha value is -3.86. The number of rotatable bonds is 4. The summed E-state index contributed by atoms with van der Waals surface area (Å²) < 4.78 is 5.99. The molecule has 0 fully saturated rings. The zero-order valence-electron chi connectivity index (χ0n) is 18.4. The molecule has 3 aromatic heterocycles. The molecule has 0 saturated carbocycles. The van der Waals surface area contributed by atoms with E-state index in [1.54, 1.807) is 6.26 Å². The van der Waals surface area contributed by atoms with Crippen LogP contribution in [0.4, 0.5) is 0 Å². The van der Waals surface area contributed by atoms with Crippen molar-refractivity contribution in [3.63, 3.8) is 0 Å². The number of furan rings is 1. The first-order valence-corrected chi connectivity index (χ1v) is 11.1. The molecule has 0 saturated heterocycles. The molecule has 3 aromatic carbocycles. The maximum atomic E-state index is 5.99. The van der Waals surface area contributed by atoms with Crippen LogP contribution in [-0.2, 0) is 6.42 Å². The van der Waals surface area contributed by atoms with E-state index in [1.165, 1.54) is 16.2 Å². The molecule has 6 aromatic rings. The molecule has 158 valence electrons. The van der Waals surface area contributed by atoms with Gasteiger partial charge in [-0.15, -0.1) is 0 Å². The lowest BCUT2D eigenvalue weighted by Gasteiger charge is -2.10. The van der Waals surface area contributed by atoms with Gasteiger partial charge in [-0.1, -0.05) is 45.0 Å². The van der Waals surface area contributed by atoms with Gasteiger partial charge in [-0.05, 0) is 34.4 Å². The number of hydrogen-bond acceptors (Lipinski definition) is 3. The van der Waals surface area contributed by atoms with Gasteiger partial charge in [0, 0.05) is 34.2 Å². The molecule has 0 radical (unpaired) electrons. The Balaban J connectivity index is 1.57. The van der Waals surface area contributed by atoms with Gasteiger partial charge >= 0.3 is 0 Å². The summed E-state index contributed by atoms with van der Waals surface area (Å²) in [5.41, 5.74) is 5.21. The molecular weight excluding hydrogens is 396 g/mol. The number of nitrogens with zero attached hydrogens (tertiary/aromatic N) is 2. The van der Waals surface area contributed by atoms with Crippen molar-refractivity contribution in [2.45, 2.75) is 33.1 Å². The van der Waals surface area contributed by atoms with Crippen LogP contribution in [0.2, 0.25) is 0 Å². The summed E-state index contributed by atoms with van der Waals surface area (Å²) in [4.78, 5) is 15.9. The Morgan fingerprint density at radius 3 is 2.16 bits per heavy atom. The van der Waals surface area contributed by atoms with Gasteiger partial charge in [-0.2, -0.15) is 0 Å². The fraction of sp³-hybridized carbons (Fsp3) is 0.185. The van der Waals surface area contributed by atoms with Crippen LogP contribution in [0.3, 0.4) is 0 Å². The molecule has 0 atom stereocenters. The Kier molecular flexibility index (Phi) is 4.18. The van der Waals surface area contributed by atoms with Crippen LogP contribution in [0.15, 0.2) is 65.5 Å². The highest BCUT2D eigenvalue weighted by molar-refractivity contribution is 6.24. The number of H-pyrrole nitrogens is 2. The smallest absolute Gasteiger partial charge is 0.142 e. The first kappa shape index (κ1) is 18.9. The summed E-state index contributed by atoms with van der Waals surface area (Å²) in [5.74, 6) is 2.36.